The van der Waals surface area contributed by atoms with Crippen LogP contribution in [-0.2, 0) is 0 Å². The molecule has 2 heterocycles. The molecule has 6 heteroatoms. The minimum atomic E-state index is 0.274. The summed E-state index contributed by atoms with van der Waals surface area (Å²) in [6.07, 6.45) is 1.02. The van der Waals surface area contributed by atoms with Crippen LogP contribution in [0.2, 0.25) is 5.28 Å². The third-order valence-corrected chi connectivity index (χ3v) is 4.47. The van der Waals surface area contributed by atoms with Gasteiger partial charge in [-0.25, -0.2) is 9.97 Å². The molecule has 0 saturated heterocycles. The van der Waals surface area contributed by atoms with Gasteiger partial charge in [0, 0.05) is 17.5 Å². The Bertz CT molecular complexity index is 801. The van der Waals surface area contributed by atoms with E-state index in [1.807, 2.05) is 19.1 Å². The van der Waals surface area contributed by atoms with E-state index in [0.29, 0.717) is 6.61 Å². The molecule has 23 heavy (non-hydrogen) atoms. The van der Waals surface area contributed by atoms with E-state index >= 15 is 0 Å². The number of hydrogen-bond donors (Lipinski definition) is 1. The Kier molecular flexibility index (Phi) is 4.98. The summed E-state index contributed by atoms with van der Waals surface area (Å²) >= 11 is 7.62. The molecule has 0 aliphatic heterocycles. The Labute approximate surface area is 144 Å². The topological polar surface area (TPSA) is 47.0 Å². The predicted molar refractivity (Wildman–Crippen MR) is 97.8 cm³/mol. The van der Waals surface area contributed by atoms with Gasteiger partial charge in [-0.05, 0) is 42.6 Å². The number of halogens is 1. The van der Waals surface area contributed by atoms with E-state index in [1.54, 1.807) is 11.3 Å². The second-order valence-corrected chi connectivity index (χ2v) is 6.25. The molecular weight excluding hydrogens is 330 g/mol. The summed E-state index contributed by atoms with van der Waals surface area (Å²) in [5.41, 5.74) is 2.23. The summed E-state index contributed by atoms with van der Waals surface area (Å²) in [6, 6.07) is 8.09. The van der Waals surface area contributed by atoms with Crippen molar-refractivity contribution in [3.8, 4) is 16.9 Å². The van der Waals surface area contributed by atoms with Gasteiger partial charge >= 0.3 is 0 Å². The summed E-state index contributed by atoms with van der Waals surface area (Å²) in [5.74, 6) is 1.67. The average Bonchev–Trinajstić information content (AvgIpc) is 2.97. The molecular formula is C17H18ClN3OS. The number of nitrogens with zero attached hydrogens (tertiary/aromatic N) is 2. The van der Waals surface area contributed by atoms with Crippen LogP contribution < -0.4 is 10.1 Å². The lowest BCUT2D eigenvalue weighted by atomic mass is 10.1. The molecule has 0 spiro atoms. The van der Waals surface area contributed by atoms with Gasteiger partial charge in [-0.15, -0.1) is 11.3 Å². The fourth-order valence-corrected chi connectivity index (χ4v) is 3.56. The van der Waals surface area contributed by atoms with E-state index in [9.17, 15) is 0 Å². The van der Waals surface area contributed by atoms with E-state index in [0.717, 1.165) is 45.9 Å². The number of fused-ring (bicyclic) bond motifs is 1. The normalized spacial score (nSPS) is 10.9. The van der Waals surface area contributed by atoms with Gasteiger partial charge in [0.1, 0.15) is 16.4 Å². The first-order valence-electron chi connectivity index (χ1n) is 7.64. The quantitative estimate of drug-likeness (QED) is 0.620. The number of anilines is 1. The molecule has 1 aromatic carbocycles. The Morgan fingerprint density at radius 3 is 2.65 bits per heavy atom. The molecule has 0 atom stereocenters. The summed E-state index contributed by atoms with van der Waals surface area (Å²) < 4.78 is 5.51. The van der Waals surface area contributed by atoms with Crippen LogP contribution in [-0.4, -0.2) is 23.1 Å². The van der Waals surface area contributed by atoms with Gasteiger partial charge in [-0.3, -0.25) is 0 Å². The molecule has 0 bridgehead atoms. The molecule has 0 radical (unpaired) electrons. The van der Waals surface area contributed by atoms with Crippen LogP contribution >= 0.6 is 22.9 Å². The van der Waals surface area contributed by atoms with Crippen molar-refractivity contribution in [2.75, 3.05) is 18.5 Å². The fraction of sp³-hybridized carbons (Fsp3) is 0.294. The summed E-state index contributed by atoms with van der Waals surface area (Å²) in [6.45, 7) is 5.61. The largest absolute Gasteiger partial charge is 0.494 e. The molecule has 3 aromatic rings. The van der Waals surface area contributed by atoms with E-state index in [-0.39, 0.29) is 5.28 Å². The number of rotatable bonds is 6. The highest BCUT2D eigenvalue weighted by atomic mass is 35.5. The van der Waals surface area contributed by atoms with Crippen molar-refractivity contribution in [2.24, 2.45) is 0 Å². The molecule has 0 aliphatic rings. The van der Waals surface area contributed by atoms with Crippen LogP contribution in [0, 0.1) is 0 Å². The Hall–Kier alpha value is -1.85. The molecule has 0 saturated carbocycles. The van der Waals surface area contributed by atoms with E-state index in [1.165, 1.54) is 0 Å². The van der Waals surface area contributed by atoms with Crippen molar-refractivity contribution >= 4 is 39.0 Å². The van der Waals surface area contributed by atoms with E-state index in [2.05, 4.69) is 39.7 Å². The molecule has 4 nitrogen and oxygen atoms in total. The molecule has 3 rings (SSSR count). The Morgan fingerprint density at radius 2 is 1.96 bits per heavy atom. The minimum Gasteiger partial charge on any atom is -0.494 e. The van der Waals surface area contributed by atoms with Crippen LogP contribution in [0.3, 0.4) is 0 Å². The van der Waals surface area contributed by atoms with Crippen molar-refractivity contribution in [3.63, 3.8) is 0 Å². The minimum absolute atomic E-state index is 0.274. The molecule has 2 aromatic heterocycles. The third-order valence-electron chi connectivity index (χ3n) is 3.43. The van der Waals surface area contributed by atoms with E-state index in [4.69, 9.17) is 16.3 Å². The first-order valence-corrected chi connectivity index (χ1v) is 8.90. The molecule has 0 fully saturated rings. The summed E-state index contributed by atoms with van der Waals surface area (Å²) in [4.78, 5) is 9.61. The number of ether oxygens (including phenoxy) is 1. The van der Waals surface area contributed by atoms with Crippen LogP contribution in [0.5, 0.6) is 5.75 Å². The Balaban J connectivity index is 2.06. The first kappa shape index (κ1) is 16.0. The van der Waals surface area contributed by atoms with Crippen molar-refractivity contribution in [1.29, 1.82) is 0 Å². The van der Waals surface area contributed by atoms with Crippen LogP contribution in [0.1, 0.15) is 20.3 Å². The van der Waals surface area contributed by atoms with Crippen molar-refractivity contribution < 1.29 is 4.74 Å². The lowest BCUT2D eigenvalue weighted by Gasteiger charge is -2.09. The number of hydrogen-bond acceptors (Lipinski definition) is 5. The fourth-order valence-electron chi connectivity index (χ4n) is 2.40. The molecule has 1 N–H and O–H groups in total. The smallest absolute Gasteiger partial charge is 0.225 e. The highest BCUT2D eigenvalue weighted by molar-refractivity contribution is 7.17. The van der Waals surface area contributed by atoms with Gasteiger partial charge in [0.15, 0.2) is 0 Å². The molecule has 0 aliphatic carbocycles. The summed E-state index contributed by atoms with van der Waals surface area (Å²) in [5, 5.41) is 6.75. The predicted octanol–water partition coefficient (Wildman–Crippen LogP) is 5.23. The average molecular weight is 348 g/mol. The van der Waals surface area contributed by atoms with Gasteiger partial charge in [-0.1, -0.05) is 19.1 Å². The van der Waals surface area contributed by atoms with Crippen molar-refractivity contribution in [1.82, 2.24) is 9.97 Å². The standard InChI is InChI=1S/C17H18ClN3OS/c1-3-9-19-15-14-13(10-23-16(14)21-17(18)20-15)11-5-7-12(8-6-11)22-4-2/h5-8,10H,3-4,9H2,1-2H3,(H,19,20,21). The van der Waals surface area contributed by atoms with Gasteiger partial charge in [0.2, 0.25) is 5.28 Å². The summed E-state index contributed by atoms with van der Waals surface area (Å²) in [7, 11) is 0. The number of nitrogens with one attached hydrogen (secondary N) is 1. The van der Waals surface area contributed by atoms with Crippen LogP contribution in [0.15, 0.2) is 29.6 Å². The zero-order valence-electron chi connectivity index (χ0n) is 13.1. The van der Waals surface area contributed by atoms with E-state index < -0.39 is 0 Å². The van der Waals surface area contributed by atoms with Gasteiger partial charge in [-0.2, -0.15) is 0 Å². The Morgan fingerprint density at radius 1 is 1.17 bits per heavy atom. The number of aromatic nitrogens is 2. The third kappa shape index (κ3) is 3.41. The van der Waals surface area contributed by atoms with Crippen molar-refractivity contribution in [3.05, 3.63) is 34.9 Å². The van der Waals surface area contributed by atoms with Gasteiger partial charge in [0.25, 0.3) is 0 Å². The highest BCUT2D eigenvalue weighted by Crippen LogP contribution is 2.38. The van der Waals surface area contributed by atoms with Crippen LogP contribution in [0.25, 0.3) is 21.3 Å². The van der Waals surface area contributed by atoms with Gasteiger partial charge in [0.05, 0.1) is 12.0 Å². The maximum absolute atomic E-state index is 6.04. The highest BCUT2D eigenvalue weighted by Gasteiger charge is 2.14. The van der Waals surface area contributed by atoms with Gasteiger partial charge < -0.3 is 10.1 Å². The lowest BCUT2D eigenvalue weighted by Crippen LogP contribution is -2.03. The lowest BCUT2D eigenvalue weighted by molar-refractivity contribution is 0.340. The number of benzene rings is 1. The number of thiophene rings is 1. The maximum atomic E-state index is 6.04. The zero-order valence-corrected chi connectivity index (χ0v) is 14.7. The van der Waals surface area contributed by atoms with Crippen molar-refractivity contribution in [2.45, 2.75) is 20.3 Å². The maximum Gasteiger partial charge on any atom is 0.225 e. The second kappa shape index (κ2) is 7.15. The molecule has 120 valence electrons. The molecule has 0 unspecified atom stereocenters. The molecule has 0 amide bonds. The van der Waals surface area contributed by atoms with Crippen LogP contribution in [0.4, 0.5) is 5.82 Å². The first-order chi connectivity index (χ1) is 11.2. The zero-order chi connectivity index (χ0) is 16.2. The second-order valence-electron chi connectivity index (χ2n) is 5.05. The monoisotopic (exact) mass is 347 g/mol. The SMILES string of the molecule is CCCNc1nc(Cl)nc2scc(-c3ccc(OCC)cc3)c12.